The van der Waals surface area contributed by atoms with Crippen LogP contribution in [0.25, 0.3) is 0 Å². The highest BCUT2D eigenvalue weighted by molar-refractivity contribution is 5.94. The lowest BCUT2D eigenvalue weighted by Crippen LogP contribution is -2.53. The molecule has 1 aromatic heterocycles. The Bertz CT molecular complexity index is 471. The molecule has 1 amide bonds. The molecule has 1 aliphatic heterocycles. The molecule has 1 aromatic rings. The molecule has 104 valence electrons. The van der Waals surface area contributed by atoms with Gasteiger partial charge in [-0.25, -0.2) is 0 Å². The topological polar surface area (TPSA) is 65.5 Å². The first-order valence-electron chi connectivity index (χ1n) is 6.45. The van der Waals surface area contributed by atoms with Crippen LogP contribution in [0.15, 0.2) is 24.5 Å². The minimum atomic E-state index is -0.494. The number of hydrogen-bond donors (Lipinski definition) is 2. The minimum Gasteiger partial charge on any atom is -0.347 e. The van der Waals surface area contributed by atoms with Crippen LogP contribution in [-0.4, -0.2) is 38.3 Å². The summed E-state index contributed by atoms with van der Waals surface area (Å²) in [7, 11) is 0. The Hall–Kier alpha value is -1.46. The van der Waals surface area contributed by atoms with Crippen LogP contribution in [0.4, 0.5) is 0 Å². The Labute approximate surface area is 113 Å². The number of pyridine rings is 1. The summed E-state index contributed by atoms with van der Waals surface area (Å²) in [6.45, 7) is 7.79. The summed E-state index contributed by atoms with van der Waals surface area (Å²) < 4.78 is 0. The number of carbonyl (C=O) groups excluding carboxylic acids is 1. The second kappa shape index (κ2) is 4.58. The van der Waals surface area contributed by atoms with Crippen LogP contribution >= 0.6 is 0 Å². The van der Waals surface area contributed by atoms with E-state index in [-0.39, 0.29) is 17.5 Å². The number of rotatable bonds is 2. The number of hydrogen-bond acceptors (Lipinski definition) is 4. The molecule has 0 saturated carbocycles. The molecule has 1 unspecified atom stereocenters. The lowest BCUT2D eigenvalue weighted by molar-refractivity contribution is -0.193. The maximum absolute atomic E-state index is 12.2. The van der Waals surface area contributed by atoms with Gasteiger partial charge in [-0.15, -0.1) is 0 Å². The molecule has 1 saturated heterocycles. The Balaban J connectivity index is 2.14. The molecule has 2 heterocycles. The average molecular weight is 263 g/mol. The van der Waals surface area contributed by atoms with Gasteiger partial charge in [0.15, 0.2) is 0 Å². The van der Waals surface area contributed by atoms with Crippen LogP contribution in [-0.2, 0) is 0 Å². The number of aromatic nitrogens is 1. The molecule has 1 atom stereocenters. The zero-order valence-corrected chi connectivity index (χ0v) is 11.8. The van der Waals surface area contributed by atoms with Crippen LogP contribution in [0.2, 0.25) is 0 Å². The predicted molar refractivity (Wildman–Crippen MR) is 71.9 cm³/mol. The first-order chi connectivity index (χ1) is 8.75. The molecule has 2 rings (SSSR count). The Kier molecular flexibility index (Phi) is 3.36. The molecule has 5 heteroatoms. The minimum absolute atomic E-state index is 0.104. The van der Waals surface area contributed by atoms with Gasteiger partial charge in [0, 0.05) is 23.5 Å². The lowest BCUT2D eigenvalue weighted by atomic mass is 9.94. The van der Waals surface area contributed by atoms with Gasteiger partial charge in [0.2, 0.25) is 0 Å². The molecular weight excluding hydrogens is 242 g/mol. The lowest BCUT2D eigenvalue weighted by Gasteiger charge is -2.35. The standard InChI is InChI=1S/C14H21N3O2/c1-13(2)9-11(14(3,4)17(13)19)16-12(18)10-5-7-15-8-6-10/h5-8,11,19H,9H2,1-4H3,(H,16,18). The largest absolute Gasteiger partial charge is 0.347 e. The fourth-order valence-electron chi connectivity index (χ4n) is 2.74. The number of nitrogens with zero attached hydrogens (tertiary/aromatic N) is 2. The van der Waals surface area contributed by atoms with Gasteiger partial charge in [-0.3, -0.25) is 9.78 Å². The van der Waals surface area contributed by atoms with E-state index < -0.39 is 5.54 Å². The Morgan fingerprint density at radius 2 is 1.95 bits per heavy atom. The molecule has 19 heavy (non-hydrogen) atoms. The van der Waals surface area contributed by atoms with E-state index in [0.29, 0.717) is 12.0 Å². The summed E-state index contributed by atoms with van der Waals surface area (Å²) in [4.78, 5) is 16.1. The molecule has 0 aliphatic carbocycles. The normalized spacial score (nSPS) is 25.2. The van der Waals surface area contributed by atoms with E-state index in [0.717, 1.165) is 0 Å². The van der Waals surface area contributed by atoms with Crippen molar-refractivity contribution < 1.29 is 10.0 Å². The van der Waals surface area contributed by atoms with Crippen molar-refractivity contribution in [1.29, 1.82) is 0 Å². The first-order valence-corrected chi connectivity index (χ1v) is 6.45. The molecule has 1 aliphatic rings. The second-order valence-electron chi connectivity index (χ2n) is 6.24. The maximum Gasteiger partial charge on any atom is 0.251 e. The molecule has 0 spiro atoms. The van der Waals surface area contributed by atoms with Crippen molar-refractivity contribution in [3.63, 3.8) is 0 Å². The highest BCUT2D eigenvalue weighted by Crippen LogP contribution is 2.39. The van der Waals surface area contributed by atoms with E-state index in [1.54, 1.807) is 24.5 Å². The van der Waals surface area contributed by atoms with Gasteiger partial charge in [-0.2, -0.15) is 5.06 Å². The van der Waals surface area contributed by atoms with Gasteiger partial charge in [0.25, 0.3) is 5.91 Å². The highest BCUT2D eigenvalue weighted by Gasteiger charge is 2.51. The summed E-state index contributed by atoms with van der Waals surface area (Å²) in [6, 6.07) is 3.26. The number of hydroxylamine groups is 2. The van der Waals surface area contributed by atoms with Crippen molar-refractivity contribution in [2.75, 3.05) is 0 Å². The monoisotopic (exact) mass is 263 g/mol. The van der Waals surface area contributed by atoms with Gasteiger partial charge in [-0.1, -0.05) is 0 Å². The molecule has 1 fully saturated rings. The number of amides is 1. The highest BCUT2D eigenvalue weighted by atomic mass is 16.5. The SMILES string of the molecule is CC1(C)CC(NC(=O)c2ccncc2)C(C)(C)N1O. The van der Waals surface area contributed by atoms with E-state index >= 15 is 0 Å². The van der Waals surface area contributed by atoms with E-state index in [1.165, 1.54) is 5.06 Å². The van der Waals surface area contributed by atoms with Crippen molar-refractivity contribution in [3.05, 3.63) is 30.1 Å². The summed E-state index contributed by atoms with van der Waals surface area (Å²) in [5.41, 5.74) is -0.258. The smallest absolute Gasteiger partial charge is 0.251 e. The Morgan fingerprint density at radius 3 is 2.42 bits per heavy atom. The molecule has 2 N–H and O–H groups in total. The van der Waals surface area contributed by atoms with Crippen molar-refractivity contribution in [1.82, 2.24) is 15.4 Å². The zero-order chi connectivity index (χ0) is 14.3. The van der Waals surface area contributed by atoms with Crippen LogP contribution in [0.5, 0.6) is 0 Å². The van der Waals surface area contributed by atoms with Gasteiger partial charge >= 0.3 is 0 Å². The van der Waals surface area contributed by atoms with Crippen LogP contribution in [0, 0.1) is 0 Å². The van der Waals surface area contributed by atoms with Crippen molar-refractivity contribution in [2.24, 2.45) is 0 Å². The van der Waals surface area contributed by atoms with E-state index in [1.807, 2.05) is 27.7 Å². The van der Waals surface area contributed by atoms with Crippen LogP contribution < -0.4 is 5.32 Å². The predicted octanol–water partition coefficient (Wildman–Crippen LogP) is 1.83. The van der Waals surface area contributed by atoms with Gasteiger partial charge in [0.05, 0.1) is 11.6 Å². The summed E-state index contributed by atoms with van der Waals surface area (Å²) >= 11 is 0. The van der Waals surface area contributed by atoms with Gasteiger partial charge in [0.1, 0.15) is 0 Å². The zero-order valence-electron chi connectivity index (χ0n) is 11.8. The summed E-state index contributed by atoms with van der Waals surface area (Å²) in [5, 5.41) is 14.6. The van der Waals surface area contributed by atoms with Gasteiger partial charge < -0.3 is 10.5 Å². The molecular formula is C14H21N3O2. The molecule has 5 nitrogen and oxygen atoms in total. The van der Waals surface area contributed by atoms with Crippen LogP contribution in [0.3, 0.4) is 0 Å². The molecule has 0 bridgehead atoms. The van der Waals surface area contributed by atoms with Crippen molar-refractivity contribution in [3.8, 4) is 0 Å². The van der Waals surface area contributed by atoms with E-state index in [4.69, 9.17) is 0 Å². The van der Waals surface area contributed by atoms with Crippen molar-refractivity contribution in [2.45, 2.75) is 51.2 Å². The third-order valence-electron chi connectivity index (χ3n) is 3.92. The summed E-state index contributed by atoms with van der Waals surface area (Å²) in [5.74, 6) is -0.133. The molecule has 0 aromatic carbocycles. The third-order valence-corrected chi connectivity index (χ3v) is 3.92. The Morgan fingerprint density at radius 1 is 1.37 bits per heavy atom. The van der Waals surface area contributed by atoms with E-state index in [2.05, 4.69) is 10.3 Å². The number of carbonyl (C=O) groups is 1. The fraction of sp³-hybridized carbons (Fsp3) is 0.571. The number of nitrogens with one attached hydrogen (secondary N) is 1. The molecule has 0 radical (unpaired) electrons. The van der Waals surface area contributed by atoms with E-state index in [9.17, 15) is 10.0 Å². The third kappa shape index (κ3) is 2.48. The quantitative estimate of drug-likeness (QED) is 0.854. The van der Waals surface area contributed by atoms with Gasteiger partial charge in [-0.05, 0) is 46.2 Å². The summed E-state index contributed by atoms with van der Waals surface area (Å²) in [6.07, 6.45) is 3.89. The maximum atomic E-state index is 12.2. The van der Waals surface area contributed by atoms with Crippen LogP contribution in [0.1, 0.15) is 44.5 Å². The second-order valence-corrected chi connectivity index (χ2v) is 6.24. The van der Waals surface area contributed by atoms with Crippen molar-refractivity contribution >= 4 is 5.91 Å². The average Bonchev–Trinajstić information content (AvgIpc) is 2.51. The fourth-order valence-corrected chi connectivity index (χ4v) is 2.74. The first kappa shape index (κ1) is 14.0.